The Balaban J connectivity index is 1.93. The topological polar surface area (TPSA) is 6.48 Å². The second-order valence-electron chi connectivity index (χ2n) is 13.5. The normalized spacial score (nSPS) is 13.4. The van der Waals surface area contributed by atoms with Crippen molar-refractivity contribution in [1.29, 1.82) is 0 Å². The van der Waals surface area contributed by atoms with Crippen LogP contribution in [0.2, 0.25) is 58.9 Å². The summed E-state index contributed by atoms with van der Waals surface area (Å²) in [5.41, 5.74) is 10.2. The van der Waals surface area contributed by atoms with Crippen molar-refractivity contribution in [2.24, 2.45) is 0 Å². The van der Waals surface area contributed by atoms with Crippen LogP contribution in [0, 0.1) is 0 Å². The molecule has 3 aromatic rings. The zero-order chi connectivity index (χ0) is 29.2. The number of allylic oxidation sites excluding steroid dienone is 2. The van der Waals surface area contributed by atoms with Gasteiger partial charge in [0.1, 0.15) is 24.7 Å². The first kappa shape index (κ1) is 30.9. The highest BCUT2D eigenvalue weighted by molar-refractivity contribution is 6.99. The van der Waals surface area contributed by atoms with Gasteiger partial charge in [-0.05, 0) is 84.6 Å². The third-order valence-corrected chi connectivity index (χ3v) is 16.9. The summed E-state index contributed by atoms with van der Waals surface area (Å²) < 4.78 is 5.24. The molecule has 0 N–H and O–H groups in total. The largest absolute Gasteiger partial charge is 0.425 e. The van der Waals surface area contributed by atoms with Gasteiger partial charge in [0, 0.05) is 11.4 Å². The van der Waals surface area contributed by atoms with Crippen molar-refractivity contribution >= 4 is 47.2 Å². The fraction of sp³-hybridized carbons (Fsp3) is 0.353. The van der Waals surface area contributed by atoms with Gasteiger partial charge in [-0.1, -0.05) is 114 Å². The molecular weight excluding hydrogens is 521 g/mol. The molecule has 0 aromatic heterocycles. The number of nitrogens with zero attached hydrogens (tertiary/aromatic N) is 2. The Morgan fingerprint density at radius 3 is 1.23 bits per heavy atom. The molecule has 0 bridgehead atoms. The summed E-state index contributed by atoms with van der Waals surface area (Å²) in [5.74, 6) is 0. The van der Waals surface area contributed by atoms with Crippen LogP contribution >= 0.6 is 0 Å². The molecule has 3 aromatic carbocycles. The Morgan fingerprint density at radius 2 is 0.897 bits per heavy atom. The van der Waals surface area contributed by atoms with E-state index in [0.717, 1.165) is 0 Å². The summed E-state index contributed by atoms with van der Waals surface area (Å²) in [6.07, 6.45) is 4.49. The van der Waals surface area contributed by atoms with Crippen molar-refractivity contribution < 1.29 is 0 Å². The molecule has 0 amide bonds. The Kier molecular flexibility index (Phi) is 9.41. The Bertz CT molecular complexity index is 1300. The monoisotopic (exact) mass is 570 g/mol. The number of hydrogen-bond donors (Lipinski definition) is 0. The first-order valence-electron chi connectivity index (χ1n) is 14.3. The maximum atomic E-state index is 2.78. The van der Waals surface area contributed by atoms with E-state index in [-0.39, 0.29) is 0 Å². The molecule has 0 saturated carbocycles. The number of anilines is 2. The summed E-state index contributed by atoms with van der Waals surface area (Å²) in [4.78, 5) is 0. The van der Waals surface area contributed by atoms with Crippen LogP contribution in [0.15, 0.2) is 84.9 Å². The van der Waals surface area contributed by atoms with Crippen molar-refractivity contribution in [2.75, 3.05) is 15.8 Å². The molecule has 0 aliphatic carbocycles. The molecule has 0 unspecified atom stereocenters. The van der Waals surface area contributed by atoms with Gasteiger partial charge in [-0.25, -0.2) is 0 Å². The smallest absolute Gasteiger partial charge is 0.147 e. The van der Waals surface area contributed by atoms with E-state index in [4.69, 9.17) is 0 Å². The second-order valence-corrected chi connectivity index (χ2v) is 28.5. The van der Waals surface area contributed by atoms with E-state index in [9.17, 15) is 0 Å². The highest BCUT2D eigenvalue weighted by Crippen LogP contribution is 2.33. The van der Waals surface area contributed by atoms with E-state index >= 15 is 0 Å². The lowest BCUT2D eigenvalue weighted by molar-refractivity contribution is 1.25. The van der Waals surface area contributed by atoms with Gasteiger partial charge in [-0.15, -0.1) is 0 Å². The molecule has 0 heterocycles. The van der Waals surface area contributed by atoms with Gasteiger partial charge in [0.05, 0.1) is 0 Å². The summed E-state index contributed by atoms with van der Waals surface area (Å²) in [7, 11) is -2.13. The third kappa shape index (κ3) is 7.33. The van der Waals surface area contributed by atoms with Crippen LogP contribution in [0.25, 0.3) is 11.1 Å². The Morgan fingerprint density at radius 1 is 0.513 bits per heavy atom. The lowest BCUT2D eigenvalue weighted by atomic mass is 9.92. The van der Waals surface area contributed by atoms with Gasteiger partial charge in [0.15, 0.2) is 0 Å². The van der Waals surface area contributed by atoms with Gasteiger partial charge in [-0.2, -0.15) is 0 Å². The van der Waals surface area contributed by atoms with E-state index in [2.05, 4.69) is 174 Å². The molecule has 0 spiro atoms. The number of rotatable bonds is 9. The molecule has 0 aliphatic heterocycles. The molecule has 0 radical (unpaired) electrons. The minimum atomic E-state index is -1.48. The van der Waals surface area contributed by atoms with E-state index < -0.39 is 24.7 Å². The highest BCUT2D eigenvalue weighted by atomic mass is 28.4. The summed E-state index contributed by atoms with van der Waals surface area (Å²) in [6, 6.07) is 27.4. The van der Waals surface area contributed by atoms with Crippen molar-refractivity contribution in [3.63, 3.8) is 0 Å². The molecule has 0 fully saturated rings. The highest BCUT2D eigenvalue weighted by Gasteiger charge is 2.34. The first-order valence-corrected chi connectivity index (χ1v) is 24.6. The average molecular weight is 571 g/mol. The molecule has 2 nitrogen and oxygen atoms in total. The minimum Gasteiger partial charge on any atom is -0.425 e. The number of hydrogen-bond acceptors (Lipinski definition) is 2. The van der Waals surface area contributed by atoms with E-state index in [1.807, 2.05) is 0 Å². The molecular formula is C34H50N2Si3. The van der Waals surface area contributed by atoms with Crippen LogP contribution in [0.1, 0.15) is 36.1 Å². The maximum absolute atomic E-state index is 2.78. The Hall–Kier alpha value is -2.61. The van der Waals surface area contributed by atoms with Crippen molar-refractivity contribution in [3.05, 3.63) is 107 Å². The third-order valence-electron chi connectivity index (χ3n) is 7.41. The van der Waals surface area contributed by atoms with Crippen molar-refractivity contribution in [2.45, 2.75) is 72.8 Å². The Labute approximate surface area is 242 Å². The number of benzene rings is 3. The fourth-order valence-corrected chi connectivity index (χ4v) is 16.5. The summed E-state index contributed by atoms with van der Waals surface area (Å²) in [6.45, 7) is 26.2. The predicted octanol–water partition coefficient (Wildman–Crippen LogP) is 10.3. The molecule has 0 aliphatic rings. The molecule has 0 saturated heterocycles. The van der Waals surface area contributed by atoms with Crippen LogP contribution in [-0.4, -0.2) is 31.8 Å². The van der Waals surface area contributed by atoms with E-state index in [1.165, 1.54) is 44.8 Å². The van der Waals surface area contributed by atoms with Gasteiger partial charge in [0.2, 0.25) is 0 Å². The van der Waals surface area contributed by atoms with Crippen molar-refractivity contribution in [1.82, 2.24) is 0 Å². The maximum Gasteiger partial charge on any atom is 0.147 e. The predicted molar refractivity (Wildman–Crippen MR) is 186 cm³/mol. The fourth-order valence-electron chi connectivity index (χ4n) is 5.68. The van der Waals surface area contributed by atoms with Gasteiger partial charge < -0.3 is 8.80 Å². The van der Waals surface area contributed by atoms with Gasteiger partial charge >= 0.3 is 0 Å². The molecule has 5 heteroatoms. The van der Waals surface area contributed by atoms with Crippen LogP contribution in [0.3, 0.4) is 0 Å². The van der Waals surface area contributed by atoms with Crippen LogP contribution in [-0.2, 0) is 0 Å². The zero-order valence-corrected chi connectivity index (χ0v) is 29.5. The van der Waals surface area contributed by atoms with E-state index in [1.54, 1.807) is 0 Å². The van der Waals surface area contributed by atoms with Crippen molar-refractivity contribution in [3.8, 4) is 0 Å². The van der Waals surface area contributed by atoms with Crippen LogP contribution in [0.5, 0.6) is 0 Å². The molecule has 3 rings (SSSR count). The lowest BCUT2D eigenvalue weighted by Gasteiger charge is -2.46. The van der Waals surface area contributed by atoms with Gasteiger partial charge in [0.25, 0.3) is 0 Å². The SMILES string of the molecule is C/C=C(/c1ccc(N(C)[Si](C)(C)C)cc1)c1cccc(/C(=C/C)c2ccc(N([Si](C)(C)C)[Si](C)(C)C)cc2)c1. The minimum absolute atomic E-state index is 1.25. The van der Waals surface area contributed by atoms with Crippen LogP contribution < -0.4 is 8.80 Å². The standard InChI is InChI=1S/C34H50N2Si3/c1-13-33(27-18-22-31(23-19-27)35(3)37(4,5)6)29-16-15-17-30(26-29)34(14-2)28-20-24-32(25-21-28)36(38(7,8)9)39(10,11)12/h13-26H,1-12H3/b33-13-,34-14+. The summed E-state index contributed by atoms with van der Waals surface area (Å²) in [5, 5.41) is 0. The van der Waals surface area contributed by atoms with Crippen LogP contribution in [0.4, 0.5) is 11.4 Å². The second kappa shape index (κ2) is 11.9. The average Bonchev–Trinajstić information content (AvgIpc) is 2.84. The summed E-state index contributed by atoms with van der Waals surface area (Å²) >= 11 is 0. The molecule has 0 atom stereocenters. The van der Waals surface area contributed by atoms with Gasteiger partial charge in [-0.3, -0.25) is 0 Å². The van der Waals surface area contributed by atoms with E-state index in [0.29, 0.717) is 0 Å². The first-order chi connectivity index (χ1) is 18.1. The quantitative estimate of drug-likeness (QED) is 0.236. The lowest BCUT2D eigenvalue weighted by Crippen LogP contribution is -2.59. The zero-order valence-electron chi connectivity index (χ0n) is 26.5. The molecule has 39 heavy (non-hydrogen) atoms. The molecule has 208 valence electrons.